The molecule has 18 heavy (non-hydrogen) atoms. The minimum atomic E-state index is -2.82. The van der Waals surface area contributed by atoms with Gasteiger partial charge >= 0.3 is 0 Å². The predicted octanol–water partition coefficient (Wildman–Crippen LogP) is 2.76. The number of nitrogens with one attached hydrogen (secondary N) is 1. The van der Waals surface area contributed by atoms with Crippen LogP contribution in [-0.4, -0.2) is 32.5 Å². The topological polar surface area (TPSA) is 46.2 Å². The van der Waals surface area contributed by atoms with E-state index in [2.05, 4.69) is 19.2 Å². The Bertz CT molecular complexity index is 306. The number of rotatable bonds is 8. The Balaban J connectivity index is 2.08. The van der Waals surface area contributed by atoms with Gasteiger partial charge in [0.1, 0.15) is 9.84 Å². The first-order valence-electron chi connectivity index (χ1n) is 7.43. The van der Waals surface area contributed by atoms with Gasteiger partial charge in [-0.1, -0.05) is 33.1 Å². The standard InChI is InChI=1S/C14H29NO2S/c1-13(2)9-12-18(16,17)11-6-10-15-14-7-4-3-5-8-14/h13-15H,3-12H2,1-2H3. The maximum Gasteiger partial charge on any atom is 0.150 e. The molecular formula is C14H29NO2S. The van der Waals surface area contributed by atoms with Crippen LogP contribution < -0.4 is 5.32 Å². The third kappa shape index (κ3) is 7.37. The Labute approximate surface area is 113 Å². The fourth-order valence-corrected chi connectivity index (χ4v) is 4.04. The largest absolute Gasteiger partial charge is 0.314 e. The summed E-state index contributed by atoms with van der Waals surface area (Å²) in [6.07, 6.45) is 8.09. The van der Waals surface area contributed by atoms with Gasteiger partial charge in [0.15, 0.2) is 0 Å². The summed E-state index contributed by atoms with van der Waals surface area (Å²) in [7, 11) is -2.82. The van der Waals surface area contributed by atoms with Gasteiger partial charge in [-0.15, -0.1) is 0 Å². The molecule has 108 valence electrons. The first-order valence-corrected chi connectivity index (χ1v) is 9.25. The van der Waals surface area contributed by atoms with E-state index in [9.17, 15) is 8.42 Å². The first kappa shape index (κ1) is 16.0. The van der Waals surface area contributed by atoms with Crippen molar-refractivity contribution in [1.29, 1.82) is 0 Å². The molecule has 1 aliphatic carbocycles. The minimum Gasteiger partial charge on any atom is -0.314 e. The monoisotopic (exact) mass is 275 g/mol. The van der Waals surface area contributed by atoms with Crippen LogP contribution in [-0.2, 0) is 9.84 Å². The molecule has 1 N–H and O–H groups in total. The second-order valence-corrected chi connectivity index (χ2v) is 8.28. The average molecular weight is 275 g/mol. The van der Waals surface area contributed by atoms with E-state index in [4.69, 9.17) is 0 Å². The maximum atomic E-state index is 11.8. The average Bonchev–Trinajstić information content (AvgIpc) is 2.34. The van der Waals surface area contributed by atoms with Crippen LogP contribution in [0.15, 0.2) is 0 Å². The van der Waals surface area contributed by atoms with Crippen LogP contribution in [0.3, 0.4) is 0 Å². The van der Waals surface area contributed by atoms with E-state index in [0.29, 0.717) is 23.5 Å². The SMILES string of the molecule is CC(C)CCS(=O)(=O)CCCNC1CCCCC1. The molecule has 1 rings (SSSR count). The molecule has 0 saturated heterocycles. The summed E-state index contributed by atoms with van der Waals surface area (Å²) in [5.41, 5.74) is 0. The van der Waals surface area contributed by atoms with Crippen molar-refractivity contribution in [3.63, 3.8) is 0 Å². The lowest BCUT2D eigenvalue weighted by Crippen LogP contribution is -2.32. The van der Waals surface area contributed by atoms with Gasteiger partial charge in [0.05, 0.1) is 11.5 Å². The summed E-state index contributed by atoms with van der Waals surface area (Å²) in [6.45, 7) is 4.99. The Morgan fingerprint density at radius 3 is 2.39 bits per heavy atom. The van der Waals surface area contributed by atoms with Gasteiger partial charge in [-0.05, 0) is 38.1 Å². The van der Waals surface area contributed by atoms with Crippen molar-refractivity contribution in [1.82, 2.24) is 5.32 Å². The molecule has 0 aliphatic heterocycles. The molecular weight excluding hydrogens is 246 g/mol. The van der Waals surface area contributed by atoms with Gasteiger partial charge in [-0.3, -0.25) is 0 Å². The molecule has 0 bridgehead atoms. The molecule has 0 radical (unpaired) electrons. The summed E-state index contributed by atoms with van der Waals surface area (Å²) >= 11 is 0. The van der Waals surface area contributed by atoms with Crippen LogP contribution in [0.25, 0.3) is 0 Å². The maximum absolute atomic E-state index is 11.8. The summed E-state index contributed by atoms with van der Waals surface area (Å²) in [4.78, 5) is 0. The Hall–Kier alpha value is -0.0900. The van der Waals surface area contributed by atoms with Crippen molar-refractivity contribution < 1.29 is 8.42 Å². The highest BCUT2D eigenvalue weighted by atomic mass is 32.2. The third-order valence-corrected chi connectivity index (χ3v) is 5.44. The Morgan fingerprint density at radius 1 is 1.11 bits per heavy atom. The van der Waals surface area contributed by atoms with E-state index in [0.717, 1.165) is 19.4 Å². The van der Waals surface area contributed by atoms with E-state index in [1.807, 2.05) is 0 Å². The molecule has 0 aromatic heterocycles. The van der Waals surface area contributed by atoms with Gasteiger partial charge in [-0.2, -0.15) is 0 Å². The molecule has 1 fully saturated rings. The number of sulfone groups is 1. The highest BCUT2D eigenvalue weighted by Gasteiger charge is 2.14. The van der Waals surface area contributed by atoms with Crippen LogP contribution in [0.4, 0.5) is 0 Å². The quantitative estimate of drug-likeness (QED) is 0.693. The Morgan fingerprint density at radius 2 is 1.78 bits per heavy atom. The van der Waals surface area contributed by atoms with Gasteiger partial charge in [0.2, 0.25) is 0 Å². The number of hydrogen-bond acceptors (Lipinski definition) is 3. The Kier molecular flexibility index (Phi) is 7.23. The van der Waals surface area contributed by atoms with Gasteiger partial charge in [0, 0.05) is 6.04 Å². The molecule has 0 amide bonds. The molecule has 4 heteroatoms. The van der Waals surface area contributed by atoms with Crippen molar-refractivity contribution in [2.75, 3.05) is 18.1 Å². The molecule has 0 aromatic carbocycles. The molecule has 0 atom stereocenters. The van der Waals surface area contributed by atoms with Crippen molar-refractivity contribution in [2.45, 2.75) is 64.8 Å². The summed E-state index contributed by atoms with van der Waals surface area (Å²) in [5.74, 6) is 1.17. The minimum absolute atomic E-state index is 0.347. The van der Waals surface area contributed by atoms with Gasteiger partial charge in [0.25, 0.3) is 0 Å². The van der Waals surface area contributed by atoms with Crippen LogP contribution in [0.5, 0.6) is 0 Å². The first-order chi connectivity index (χ1) is 8.49. The smallest absolute Gasteiger partial charge is 0.150 e. The summed E-state index contributed by atoms with van der Waals surface area (Å²) < 4.78 is 23.5. The highest BCUT2D eigenvalue weighted by Crippen LogP contribution is 2.17. The normalized spacial score (nSPS) is 18.4. The van der Waals surface area contributed by atoms with Gasteiger partial charge < -0.3 is 5.32 Å². The van der Waals surface area contributed by atoms with Crippen molar-refractivity contribution >= 4 is 9.84 Å². The second-order valence-electron chi connectivity index (χ2n) is 5.98. The fourth-order valence-electron chi connectivity index (χ4n) is 2.42. The summed E-state index contributed by atoms with van der Waals surface area (Å²) in [5, 5.41) is 3.49. The van der Waals surface area contributed by atoms with Crippen molar-refractivity contribution in [3.8, 4) is 0 Å². The predicted molar refractivity (Wildman–Crippen MR) is 77.6 cm³/mol. The molecule has 3 nitrogen and oxygen atoms in total. The third-order valence-electron chi connectivity index (χ3n) is 3.68. The molecule has 0 unspecified atom stereocenters. The second kappa shape index (κ2) is 8.16. The highest BCUT2D eigenvalue weighted by molar-refractivity contribution is 7.91. The summed E-state index contributed by atoms with van der Waals surface area (Å²) in [6, 6.07) is 0.636. The van der Waals surface area contributed by atoms with E-state index in [1.54, 1.807) is 0 Å². The molecule has 1 aliphatic rings. The zero-order valence-corrected chi connectivity index (χ0v) is 12.8. The molecule has 0 heterocycles. The van der Waals surface area contributed by atoms with Crippen LogP contribution in [0.2, 0.25) is 0 Å². The van der Waals surface area contributed by atoms with Gasteiger partial charge in [-0.25, -0.2) is 8.42 Å². The zero-order valence-electron chi connectivity index (χ0n) is 12.0. The van der Waals surface area contributed by atoms with Crippen molar-refractivity contribution in [2.24, 2.45) is 5.92 Å². The fraction of sp³-hybridized carbons (Fsp3) is 1.00. The van der Waals surface area contributed by atoms with E-state index < -0.39 is 9.84 Å². The number of hydrogen-bond donors (Lipinski definition) is 1. The zero-order chi connectivity index (χ0) is 13.4. The molecule has 0 aromatic rings. The van der Waals surface area contributed by atoms with E-state index in [1.165, 1.54) is 32.1 Å². The van der Waals surface area contributed by atoms with Crippen molar-refractivity contribution in [3.05, 3.63) is 0 Å². The lowest BCUT2D eigenvalue weighted by molar-refractivity contribution is 0.374. The molecule has 0 spiro atoms. The van der Waals surface area contributed by atoms with E-state index in [-0.39, 0.29) is 0 Å². The molecule has 1 saturated carbocycles. The van der Waals surface area contributed by atoms with E-state index >= 15 is 0 Å². The van der Waals surface area contributed by atoms with Crippen LogP contribution >= 0.6 is 0 Å². The van der Waals surface area contributed by atoms with Crippen LogP contribution in [0, 0.1) is 5.92 Å². The lowest BCUT2D eigenvalue weighted by Gasteiger charge is -2.22. The van der Waals surface area contributed by atoms with Crippen LogP contribution in [0.1, 0.15) is 58.8 Å². The lowest BCUT2D eigenvalue weighted by atomic mass is 9.95.